The van der Waals surface area contributed by atoms with Crippen LogP contribution in [0.1, 0.15) is 16.8 Å². The van der Waals surface area contributed by atoms with Crippen molar-refractivity contribution in [2.24, 2.45) is 0 Å². The molecule has 1 aliphatic heterocycles. The molecule has 3 aromatic rings. The van der Waals surface area contributed by atoms with Gasteiger partial charge in [-0.05, 0) is 51.1 Å². The first-order valence-electron chi connectivity index (χ1n) is 10.4. The summed E-state index contributed by atoms with van der Waals surface area (Å²) in [6.07, 6.45) is -0.703. The van der Waals surface area contributed by atoms with Gasteiger partial charge in [0.25, 0.3) is 5.91 Å². The first-order chi connectivity index (χ1) is 15.8. The number of aromatic nitrogens is 1. The second-order valence-electron chi connectivity index (χ2n) is 7.62. The fraction of sp³-hybridized carbons (Fsp3) is 0.292. The van der Waals surface area contributed by atoms with Gasteiger partial charge in [0.1, 0.15) is 23.8 Å². The number of carbonyl (C=O) groups excluding carboxylic acids is 2. The molecule has 33 heavy (non-hydrogen) atoms. The van der Waals surface area contributed by atoms with Crippen LogP contribution in [0.3, 0.4) is 0 Å². The van der Waals surface area contributed by atoms with Crippen molar-refractivity contribution < 1.29 is 23.8 Å². The van der Waals surface area contributed by atoms with Crippen LogP contribution in [0.4, 0.5) is 11.4 Å². The summed E-state index contributed by atoms with van der Waals surface area (Å²) >= 11 is 1.61. The summed E-state index contributed by atoms with van der Waals surface area (Å²) in [7, 11) is 3.06. The molecule has 0 fully saturated rings. The highest BCUT2D eigenvalue weighted by atomic mass is 32.1. The van der Waals surface area contributed by atoms with E-state index < -0.39 is 6.10 Å². The van der Waals surface area contributed by atoms with Gasteiger partial charge in [-0.1, -0.05) is 0 Å². The van der Waals surface area contributed by atoms with Gasteiger partial charge >= 0.3 is 0 Å². The minimum Gasteiger partial charge on any atom is -0.497 e. The third-order valence-corrected chi connectivity index (χ3v) is 6.21. The van der Waals surface area contributed by atoms with E-state index in [1.807, 2.05) is 32.0 Å². The molecule has 2 heterocycles. The zero-order chi connectivity index (χ0) is 23.7. The first kappa shape index (κ1) is 22.6. The number of hydrogen-bond acceptors (Lipinski definition) is 7. The number of methoxy groups -OCH3 is 2. The molecule has 1 N–H and O–H groups in total. The summed E-state index contributed by atoms with van der Waals surface area (Å²) in [5.41, 5.74) is 2.71. The van der Waals surface area contributed by atoms with Crippen LogP contribution in [0, 0.1) is 13.8 Å². The van der Waals surface area contributed by atoms with E-state index in [2.05, 4.69) is 10.3 Å². The summed E-state index contributed by atoms with van der Waals surface area (Å²) in [6, 6.07) is 10.7. The zero-order valence-corrected chi connectivity index (χ0v) is 19.9. The minimum atomic E-state index is -0.703. The molecule has 1 atom stereocenters. The highest BCUT2D eigenvalue weighted by Gasteiger charge is 2.33. The number of anilines is 2. The monoisotopic (exact) mass is 467 g/mol. The smallest absolute Gasteiger partial charge is 0.268 e. The molecule has 1 unspecified atom stereocenters. The molecule has 0 saturated carbocycles. The summed E-state index contributed by atoms with van der Waals surface area (Å²) in [5, 5.41) is 3.78. The maximum absolute atomic E-state index is 13.0. The van der Waals surface area contributed by atoms with Crippen LogP contribution >= 0.6 is 11.3 Å². The van der Waals surface area contributed by atoms with Gasteiger partial charge in [-0.25, -0.2) is 4.98 Å². The van der Waals surface area contributed by atoms with E-state index in [1.165, 1.54) is 12.0 Å². The Balaban J connectivity index is 1.64. The van der Waals surface area contributed by atoms with Gasteiger partial charge in [0.05, 0.1) is 36.3 Å². The number of nitrogens with one attached hydrogen (secondary N) is 1. The molecule has 0 bridgehead atoms. The molecule has 0 aliphatic carbocycles. The van der Waals surface area contributed by atoms with Gasteiger partial charge < -0.3 is 19.5 Å². The number of nitrogens with zero attached hydrogens (tertiary/aromatic N) is 2. The number of rotatable bonds is 6. The number of fused-ring (bicyclic) bond motifs is 1. The highest BCUT2D eigenvalue weighted by molar-refractivity contribution is 7.11. The second-order valence-corrected chi connectivity index (χ2v) is 9.03. The molecule has 9 heteroatoms. The molecule has 1 aromatic heterocycles. The van der Waals surface area contributed by atoms with Crippen molar-refractivity contribution in [2.75, 3.05) is 31.0 Å². The van der Waals surface area contributed by atoms with Gasteiger partial charge in [0.2, 0.25) is 5.91 Å². The lowest BCUT2D eigenvalue weighted by Gasteiger charge is -2.33. The Hall–Kier alpha value is -3.59. The van der Waals surface area contributed by atoms with Crippen LogP contribution in [0.2, 0.25) is 0 Å². The quantitative estimate of drug-likeness (QED) is 0.585. The van der Waals surface area contributed by atoms with E-state index >= 15 is 0 Å². The Bertz CT molecular complexity index is 1220. The number of aryl methyl sites for hydroxylation is 2. The second kappa shape index (κ2) is 9.11. The standard InChI is InChI=1S/C24H25N3O5S/c1-13-24(29)27(12-22(28)26-18-11-17(30-4)7-9-20(18)31-5)19-10-16(6-8-21(19)32-13)23-14(2)33-15(3)25-23/h6-11,13H,12H2,1-5H3,(H,26,28). The molecule has 0 spiro atoms. The summed E-state index contributed by atoms with van der Waals surface area (Å²) in [6.45, 7) is 5.45. The lowest BCUT2D eigenvalue weighted by Crippen LogP contribution is -2.47. The predicted molar refractivity (Wildman–Crippen MR) is 128 cm³/mol. The average Bonchev–Trinajstić information content (AvgIpc) is 3.14. The largest absolute Gasteiger partial charge is 0.497 e. The van der Waals surface area contributed by atoms with E-state index in [0.29, 0.717) is 28.6 Å². The van der Waals surface area contributed by atoms with Crippen LogP contribution in [-0.4, -0.2) is 43.7 Å². The summed E-state index contributed by atoms with van der Waals surface area (Å²) in [4.78, 5) is 33.1. The average molecular weight is 468 g/mol. The molecule has 2 aromatic carbocycles. The van der Waals surface area contributed by atoms with Crippen LogP contribution in [0.15, 0.2) is 36.4 Å². The maximum atomic E-state index is 13.0. The molecule has 1 aliphatic rings. The Kier molecular flexibility index (Phi) is 6.24. The summed E-state index contributed by atoms with van der Waals surface area (Å²) < 4.78 is 16.4. The number of amides is 2. The Morgan fingerprint density at radius 1 is 1.18 bits per heavy atom. The van der Waals surface area contributed by atoms with Crippen molar-refractivity contribution in [2.45, 2.75) is 26.9 Å². The Labute approximate surface area is 196 Å². The van der Waals surface area contributed by atoms with Gasteiger partial charge in [0.15, 0.2) is 6.10 Å². The molecular weight excluding hydrogens is 442 g/mol. The molecule has 4 rings (SSSR count). The van der Waals surface area contributed by atoms with Gasteiger partial charge in [-0.3, -0.25) is 14.5 Å². The maximum Gasteiger partial charge on any atom is 0.268 e. The van der Waals surface area contributed by atoms with E-state index in [0.717, 1.165) is 21.1 Å². The van der Waals surface area contributed by atoms with Gasteiger partial charge in [0, 0.05) is 16.5 Å². The van der Waals surface area contributed by atoms with Crippen molar-refractivity contribution in [1.82, 2.24) is 4.98 Å². The topological polar surface area (TPSA) is 90.0 Å². The number of thiazole rings is 1. The van der Waals surface area contributed by atoms with Crippen LogP contribution in [-0.2, 0) is 9.59 Å². The van der Waals surface area contributed by atoms with E-state index in [9.17, 15) is 9.59 Å². The Morgan fingerprint density at radius 3 is 2.64 bits per heavy atom. The van der Waals surface area contributed by atoms with Crippen LogP contribution in [0.25, 0.3) is 11.3 Å². The lowest BCUT2D eigenvalue weighted by molar-refractivity contribution is -0.127. The Morgan fingerprint density at radius 2 is 1.97 bits per heavy atom. The van der Waals surface area contributed by atoms with Crippen molar-refractivity contribution in [3.8, 4) is 28.5 Å². The van der Waals surface area contributed by atoms with Crippen molar-refractivity contribution in [3.05, 3.63) is 46.3 Å². The third-order valence-electron chi connectivity index (χ3n) is 5.33. The van der Waals surface area contributed by atoms with E-state index in [4.69, 9.17) is 14.2 Å². The fourth-order valence-electron chi connectivity index (χ4n) is 3.76. The molecule has 172 valence electrons. The molecular formula is C24H25N3O5S. The first-order valence-corrected chi connectivity index (χ1v) is 11.2. The van der Waals surface area contributed by atoms with Crippen LogP contribution in [0.5, 0.6) is 17.2 Å². The fourth-order valence-corrected chi connectivity index (χ4v) is 4.60. The minimum absolute atomic E-state index is 0.182. The number of ether oxygens (including phenoxy) is 3. The number of hydrogen-bond donors (Lipinski definition) is 1. The number of carbonyl (C=O) groups is 2. The zero-order valence-electron chi connectivity index (χ0n) is 19.1. The molecule has 0 saturated heterocycles. The van der Waals surface area contributed by atoms with E-state index in [-0.39, 0.29) is 18.4 Å². The summed E-state index contributed by atoms with van der Waals surface area (Å²) in [5.74, 6) is 0.941. The number of benzene rings is 2. The van der Waals surface area contributed by atoms with Gasteiger partial charge in [-0.2, -0.15) is 0 Å². The third kappa shape index (κ3) is 4.49. The van der Waals surface area contributed by atoms with Crippen molar-refractivity contribution in [1.29, 1.82) is 0 Å². The normalized spacial score (nSPS) is 15.0. The van der Waals surface area contributed by atoms with Crippen LogP contribution < -0.4 is 24.4 Å². The lowest BCUT2D eigenvalue weighted by atomic mass is 10.1. The van der Waals surface area contributed by atoms with Crippen molar-refractivity contribution >= 4 is 34.5 Å². The molecule has 0 radical (unpaired) electrons. The molecule has 8 nitrogen and oxygen atoms in total. The van der Waals surface area contributed by atoms with Gasteiger partial charge in [-0.15, -0.1) is 11.3 Å². The predicted octanol–water partition coefficient (Wildman–Crippen LogP) is 4.20. The van der Waals surface area contributed by atoms with Crippen molar-refractivity contribution in [3.63, 3.8) is 0 Å². The van der Waals surface area contributed by atoms with E-state index in [1.54, 1.807) is 43.6 Å². The SMILES string of the molecule is COc1ccc(OC)c(NC(=O)CN2C(=O)C(C)Oc3ccc(-c4nc(C)sc4C)cc32)c1. The molecule has 2 amide bonds. The highest BCUT2D eigenvalue weighted by Crippen LogP contribution is 2.39.